The van der Waals surface area contributed by atoms with Gasteiger partial charge in [-0.25, -0.2) is 4.98 Å². The van der Waals surface area contributed by atoms with Crippen LogP contribution in [0.15, 0.2) is 30.5 Å². The molecule has 2 heterocycles. The summed E-state index contributed by atoms with van der Waals surface area (Å²) in [6, 6.07) is 7.93. The Hall–Kier alpha value is -1.94. The quantitative estimate of drug-likeness (QED) is 0.674. The van der Waals surface area contributed by atoms with E-state index in [0.717, 1.165) is 16.5 Å². The molecule has 0 fully saturated rings. The third-order valence-corrected chi connectivity index (χ3v) is 3.39. The van der Waals surface area contributed by atoms with E-state index in [2.05, 4.69) is 15.3 Å². The van der Waals surface area contributed by atoms with Crippen molar-refractivity contribution in [3.8, 4) is 11.4 Å². The highest BCUT2D eigenvalue weighted by molar-refractivity contribution is 6.34. The number of fused-ring (bicyclic) bond motifs is 1. The van der Waals surface area contributed by atoms with Gasteiger partial charge in [0.05, 0.1) is 16.7 Å². The first-order valence-corrected chi connectivity index (χ1v) is 5.96. The Bertz CT molecular complexity index is 733. The molecule has 5 heteroatoms. The van der Waals surface area contributed by atoms with Gasteiger partial charge in [0.25, 0.3) is 0 Å². The van der Waals surface area contributed by atoms with Crippen molar-refractivity contribution in [1.29, 1.82) is 0 Å². The zero-order valence-electron chi connectivity index (χ0n) is 10.1. The molecular formula is C13H11ClN4. The number of pyridine rings is 1. The molecule has 1 aromatic carbocycles. The van der Waals surface area contributed by atoms with Crippen LogP contribution in [-0.2, 0) is 7.05 Å². The van der Waals surface area contributed by atoms with Gasteiger partial charge < -0.3 is 0 Å². The monoisotopic (exact) mass is 258 g/mol. The average molecular weight is 259 g/mol. The molecule has 0 amide bonds. The van der Waals surface area contributed by atoms with Crippen molar-refractivity contribution >= 4 is 22.5 Å². The fourth-order valence-corrected chi connectivity index (χ4v) is 2.22. The van der Waals surface area contributed by atoms with Crippen LogP contribution in [0.5, 0.6) is 0 Å². The molecule has 90 valence electrons. The van der Waals surface area contributed by atoms with Crippen LogP contribution in [0.2, 0.25) is 5.02 Å². The van der Waals surface area contributed by atoms with Crippen LogP contribution in [0.4, 0.5) is 0 Å². The molecule has 0 aliphatic heterocycles. The number of hydrogen-bond donors (Lipinski definition) is 0. The topological polar surface area (TPSA) is 43.6 Å². The Morgan fingerprint density at radius 2 is 2.00 bits per heavy atom. The van der Waals surface area contributed by atoms with Gasteiger partial charge in [-0.05, 0) is 18.6 Å². The molecule has 0 bridgehead atoms. The van der Waals surface area contributed by atoms with E-state index in [4.69, 9.17) is 11.6 Å². The van der Waals surface area contributed by atoms with Gasteiger partial charge in [-0.15, -0.1) is 5.10 Å². The van der Waals surface area contributed by atoms with Gasteiger partial charge in [0.2, 0.25) is 0 Å². The lowest BCUT2D eigenvalue weighted by atomic mass is 10.1. The summed E-state index contributed by atoms with van der Waals surface area (Å²) in [6.07, 6.45) is 1.81. The summed E-state index contributed by atoms with van der Waals surface area (Å²) in [5.74, 6) is 0. The highest BCUT2D eigenvalue weighted by Gasteiger charge is 2.14. The maximum absolute atomic E-state index is 6.38. The number of para-hydroxylation sites is 1. The molecule has 4 nitrogen and oxygen atoms in total. The van der Waals surface area contributed by atoms with Crippen LogP contribution >= 0.6 is 11.6 Å². The number of aryl methyl sites for hydroxylation is 2. The highest BCUT2D eigenvalue weighted by atomic mass is 35.5. The zero-order chi connectivity index (χ0) is 12.7. The summed E-state index contributed by atoms with van der Waals surface area (Å²) in [5.41, 5.74) is 3.31. The van der Waals surface area contributed by atoms with Gasteiger partial charge in [0.15, 0.2) is 0 Å². The minimum atomic E-state index is 0.634. The van der Waals surface area contributed by atoms with Crippen molar-refractivity contribution in [1.82, 2.24) is 20.0 Å². The summed E-state index contributed by atoms with van der Waals surface area (Å²) >= 11 is 6.38. The lowest BCUT2D eigenvalue weighted by Crippen LogP contribution is -1.91. The maximum Gasteiger partial charge on any atom is 0.132 e. The van der Waals surface area contributed by atoms with Gasteiger partial charge in [-0.2, -0.15) is 0 Å². The molecule has 0 atom stereocenters. The van der Waals surface area contributed by atoms with Crippen LogP contribution in [0.25, 0.3) is 22.3 Å². The lowest BCUT2D eigenvalue weighted by molar-refractivity contribution is 0.715. The minimum absolute atomic E-state index is 0.634. The van der Waals surface area contributed by atoms with E-state index in [9.17, 15) is 0 Å². The Morgan fingerprint density at radius 1 is 1.22 bits per heavy atom. The number of benzene rings is 1. The van der Waals surface area contributed by atoms with Crippen molar-refractivity contribution in [3.63, 3.8) is 0 Å². The third-order valence-electron chi connectivity index (χ3n) is 2.92. The number of hydrogen-bond acceptors (Lipinski definition) is 3. The van der Waals surface area contributed by atoms with Crippen molar-refractivity contribution in [2.45, 2.75) is 6.92 Å². The summed E-state index contributed by atoms with van der Waals surface area (Å²) in [5, 5.41) is 9.67. The zero-order valence-corrected chi connectivity index (χ0v) is 10.8. The Kier molecular flexibility index (Phi) is 2.52. The second-order valence-corrected chi connectivity index (χ2v) is 4.57. The number of aromatic nitrogens is 4. The molecular weight excluding hydrogens is 248 g/mol. The Morgan fingerprint density at radius 3 is 2.72 bits per heavy atom. The first-order chi connectivity index (χ1) is 8.66. The van der Waals surface area contributed by atoms with Gasteiger partial charge >= 0.3 is 0 Å². The fraction of sp³-hybridized carbons (Fsp3) is 0.154. The van der Waals surface area contributed by atoms with Crippen LogP contribution in [0.1, 0.15) is 5.56 Å². The number of rotatable bonds is 1. The standard InChI is InChI=1S/C13H11ClN4/c1-8-9-5-3-4-6-10(9)15-13(12(8)14)11-7-18(2)17-16-11/h3-7H,1-2H3. The van der Waals surface area contributed by atoms with Gasteiger partial charge in [0, 0.05) is 12.4 Å². The van der Waals surface area contributed by atoms with E-state index in [1.807, 2.05) is 44.4 Å². The predicted molar refractivity (Wildman–Crippen MR) is 71.5 cm³/mol. The van der Waals surface area contributed by atoms with Gasteiger partial charge in [-0.3, -0.25) is 4.68 Å². The van der Waals surface area contributed by atoms with E-state index in [-0.39, 0.29) is 0 Å². The highest BCUT2D eigenvalue weighted by Crippen LogP contribution is 2.31. The molecule has 18 heavy (non-hydrogen) atoms. The van der Waals surface area contributed by atoms with Crippen LogP contribution < -0.4 is 0 Å². The normalized spacial score (nSPS) is 11.1. The van der Waals surface area contributed by atoms with Crippen LogP contribution in [0.3, 0.4) is 0 Å². The van der Waals surface area contributed by atoms with Crippen LogP contribution in [-0.4, -0.2) is 20.0 Å². The molecule has 0 aliphatic carbocycles. The second-order valence-electron chi connectivity index (χ2n) is 4.19. The lowest BCUT2D eigenvalue weighted by Gasteiger charge is -2.07. The molecule has 0 aliphatic rings. The van der Waals surface area contributed by atoms with Crippen molar-refractivity contribution in [3.05, 3.63) is 41.0 Å². The smallest absolute Gasteiger partial charge is 0.132 e. The summed E-state index contributed by atoms with van der Waals surface area (Å²) in [4.78, 5) is 4.57. The molecule has 0 saturated carbocycles. The third kappa shape index (κ3) is 1.66. The predicted octanol–water partition coefficient (Wildman–Crippen LogP) is 2.99. The van der Waals surface area contributed by atoms with Crippen molar-refractivity contribution in [2.24, 2.45) is 7.05 Å². The van der Waals surface area contributed by atoms with Gasteiger partial charge in [-0.1, -0.05) is 35.0 Å². The Balaban J connectivity index is 2.33. The molecule has 3 rings (SSSR count). The molecule has 0 unspecified atom stereocenters. The summed E-state index contributed by atoms with van der Waals surface area (Å²) in [6.45, 7) is 1.99. The number of halogens is 1. The van der Waals surface area contributed by atoms with E-state index in [1.165, 1.54) is 0 Å². The number of nitrogens with zero attached hydrogens (tertiary/aromatic N) is 4. The molecule has 0 radical (unpaired) electrons. The SMILES string of the molecule is Cc1c(Cl)c(-c2cn(C)nn2)nc2ccccc12. The first-order valence-electron chi connectivity index (χ1n) is 5.58. The first kappa shape index (κ1) is 11.2. The van der Waals surface area contributed by atoms with Crippen molar-refractivity contribution in [2.75, 3.05) is 0 Å². The summed E-state index contributed by atoms with van der Waals surface area (Å²) < 4.78 is 1.64. The fourth-order valence-electron chi connectivity index (χ4n) is 1.98. The van der Waals surface area contributed by atoms with E-state index >= 15 is 0 Å². The summed E-state index contributed by atoms with van der Waals surface area (Å²) in [7, 11) is 1.82. The largest absolute Gasteiger partial charge is 0.255 e. The van der Waals surface area contributed by atoms with Gasteiger partial charge in [0.1, 0.15) is 11.4 Å². The Labute approximate surface area is 109 Å². The second kappa shape index (κ2) is 4.07. The molecule has 2 aromatic heterocycles. The average Bonchev–Trinajstić information content (AvgIpc) is 2.80. The van der Waals surface area contributed by atoms with E-state index in [0.29, 0.717) is 16.4 Å². The van der Waals surface area contributed by atoms with E-state index in [1.54, 1.807) is 4.68 Å². The maximum atomic E-state index is 6.38. The van der Waals surface area contributed by atoms with Crippen molar-refractivity contribution < 1.29 is 0 Å². The molecule has 0 saturated heterocycles. The molecule has 3 aromatic rings. The molecule has 0 N–H and O–H groups in total. The van der Waals surface area contributed by atoms with Crippen LogP contribution in [0, 0.1) is 6.92 Å². The molecule has 0 spiro atoms. The minimum Gasteiger partial charge on any atom is -0.255 e. The van der Waals surface area contributed by atoms with E-state index < -0.39 is 0 Å².